The fraction of sp³-hybridized carbons (Fsp3) is 0.914. The molecule has 0 saturated carbocycles. The van der Waals surface area contributed by atoms with Crippen molar-refractivity contribution in [2.75, 3.05) is 6.54 Å². The van der Waals surface area contributed by atoms with Crippen LogP contribution in [0.2, 0.25) is 0 Å². The second-order valence-corrected chi connectivity index (χ2v) is 26.5. The highest BCUT2D eigenvalue weighted by Crippen LogP contribution is 2.56. The van der Waals surface area contributed by atoms with Crippen LogP contribution in [0.1, 0.15) is 150 Å². The Morgan fingerprint density at radius 1 is 0.545 bits per heavy atom. The minimum Gasteiger partial charge on any atom is -0.459 e. The van der Waals surface area contributed by atoms with E-state index < -0.39 is 41.8 Å². The zero-order valence-corrected chi connectivity index (χ0v) is 45.5. The quantitative estimate of drug-likeness (QED) is 0.0931. The van der Waals surface area contributed by atoms with Crippen molar-refractivity contribution in [3.63, 3.8) is 0 Å². The number of nitrogens with zero attached hydrogens (tertiary/aromatic N) is 3. The first-order valence-corrected chi connectivity index (χ1v) is 30.0. The van der Waals surface area contributed by atoms with Gasteiger partial charge in [0.05, 0.1) is 135 Å². The summed E-state index contributed by atoms with van der Waals surface area (Å²) in [5.74, 6) is -2.63. The first-order valence-electron chi connectivity index (χ1n) is 30.0. The summed E-state index contributed by atoms with van der Waals surface area (Å²) < 4.78 is 96.6. The van der Waals surface area contributed by atoms with Crippen LogP contribution in [0.4, 0.5) is 0 Å². The molecule has 0 aliphatic carbocycles. The first-order chi connectivity index (χ1) is 37.1. The molecular weight excluding hydrogens is 995 g/mol. The van der Waals surface area contributed by atoms with Crippen molar-refractivity contribution in [3.8, 4) is 0 Å². The number of esters is 1. The summed E-state index contributed by atoms with van der Waals surface area (Å²) in [4.78, 5) is 17.4. The van der Waals surface area contributed by atoms with E-state index in [0.717, 1.165) is 68.9 Å². The number of azide groups is 1. The Bertz CT molecular complexity index is 2330. The summed E-state index contributed by atoms with van der Waals surface area (Å²) in [6.45, 7) is 17.9. The third kappa shape index (κ3) is 9.69. The Labute approximate surface area is 452 Å². The fourth-order valence-corrected chi connectivity index (χ4v) is 17.4. The van der Waals surface area contributed by atoms with Gasteiger partial charge in [0.15, 0.2) is 17.4 Å². The zero-order valence-electron chi connectivity index (χ0n) is 45.5. The monoisotopic (exact) mass is 1080 g/mol. The van der Waals surface area contributed by atoms with Gasteiger partial charge in [0, 0.05) is 75.0 Å². The number of carbonyl (C=O) groups is 1. The smallest absolute Gasteiger partial charge is 0.308 e. The summed E-state index contributed by atoms with van der Waals surface area (Å²) >= 11 is 0. The number of ether oxygens (including phenoxy) is 14. The lowest BCUT2D eigenvalue weighted by molar-refractivity contribution is -0.370. The van der Waals surface area contributed by atoms with Gasteiger partial charge in [0.25, 0.3) is 0 Å². The van der Waals surface area contributed by atoms with Gasteiger partial charge in [-0.15, -0.1) is 0 Å². The van der Waals surface area contributed by atoms with Crippen LogP contribution in [-0.2, 0) is 71.1 Å². The largest absolute Gasteiger partial charge is 0.459 e. The normalized spacial score (nSPS) is 56.1. The highest BCUT2D eigenvalue weighted by Gasteiger charge is 2.65. The lowest BCUT2D eigenvalue weighted by atomic mass is 9.78. The van der Waals surface area contributed by atoms with E-state index in [2.05, 4.69) is 50.9 Å². The second-order valence-electron chi connectivity index (χ2n) is 26.5. The van der Waals surface area contributed by atoms with Crippen LogP contribution in [0.15, 0.2) is 29.4 Å². The Morgan fingerprint density at radius 3 is 2.08 bits per heavy atom. The molecule has 426 valence electrons. The molecule has 14 aliphatic rings. The van der Waals surface area contributed by atoms with Gasteiger partial charge in [-0.3, -0.25) is 4.79 Å². The molecule has 14 fully saturated rings. The van der Waals surface area contributed by atoms with Crippen LogP contribution in [0.25, 0.3) is 10.4 Å². The minimum absolute atomic E-state index is 0.00524. The van der Waals surface area contributed by atoms with E-state index in [1.54, 1.807) is 0 Å². The fourth-order valence-electron chi connectivity index (χ4n) is 17.4. The lowest BCUT2D eigenvalue weighted by Crippen LogP contribution is -2.62. The van der Waals surface area contributed by atoms with Gasteiger partial charge in [0.1, 0.15) is 12.2 Å². The summed E-state index contributed by atoms with van der Waals surface area (Å²) in [6, 6.07) is 0. The maximum atomic E-state index is 14.5. The van der Waals surface area contributed by atoms with E-state index >= 15 is 0 Å². The lowest BCUT2D eigenvalue weighted by Gasteiger charge is -2.54. The highest BCUT2D eigenvalue weighted by molar-refractivity contribution is 5.70. The molecule has 29 atom stereocenters. The molecule has 0 aromatic carbocycles. The molecule has 10 bridgehead atoms. The van der Waals surface area contributed by atoms with Gasteiger partial charge >= 0.3 is 5.97 Å². The average molecular weight is 1080 g/mol. The van der Waals surface area contributed by atoms with Gasteiger partial charge < -0.3 is 71.4 Å². The maximum absolute atomic E-state index is 14.5. The van der Waals surface area contributed by atoms with Gasteiger partial charge in [-0.2, -0.15) is 0 Å². The van der Waals surface area contributed by atoms with E-state index in [1.165, 1.54) is 0 Å². The molecule has 19 nitrogen and oxygen atoms in total. The van der Waals surface area contributed by atoms with Crippen molar-refractivity contribution in [3.05, 3.63) is 34.7 Å². The van der Waals surface area contributed by atoms with Crippen LogP contribution in [0.5, 0.6) is 0 Å². The van der Waals surface area contributed by atoms with Gasteiger partial charge in [-0.25, -0.2) is 0 Å². The number of hydrogen-bond donors (Lipinski definition) is 1. The summed E-state index contributed by atoms with van der Waals surface area (Å²) in [5, 5.41) is 14.7. The molecule has 19 heteroatoms. The molecule has 77 heavy (non-hydrogen) atoms. The molecule has 14 heterocycles. The highest BCUT2D eigenvalue weighted by atomic mass is 16.8. The van der Waals surface area contributed by atoms with Crippen molar-refractivity contribution in [1.29, 1.82) is 0 Å². The number of aliphatic hydroxyl groups excluding tert-OH is 1. The molecule has 14 saturated heterocycles. The molecule has 0 aromatic rings. The van der Waals surface area contributed by atoms with Crippen LogP contribution in [-0.4, -0.2) is 169 Å². The van der Waals surface area contributed by atoms with Crippen LogP contribution < -0.4 is 0 Å². The van der Waals surface area contributed by atoms with Gasteiger partial charge in [-0.05, 0) is 85.8 Å². The van der Waals surface area contributed by atoms with Crippen molar-refractivity contribution >= 4 is 5.97 Å². The van der Waals surface area contributed by atoms with Crippen molar-refractivity contribution in [2.24, 2.45) is 28.8 Å². The Hall–Kier alpha value is -2.30. The van der Waals surface area contributed by atoms with E-state index in [-0.39, 0.29) is 152 Å². The first kappa shape index (κ1) is 52.8. The third-order valence-corrected chi connectivity index (χ3v) is 21.1. The molecule has 14 aliphatic heterocycles. The Balaban J connectivity index is 0.686. The molecular formula is C58H83N3O16. The van der Waals surface area contributed by atoms with Gasteiger partial charge in [0.2, 0.25) is 0 Å². The van der Waals surface area contributed by atoms with E-state index in [1.807, 2.05) is 0 Å². The average Bonchev–Trinajstić information content (AvgIpc) is 4.28. The minimum atomic E-state index is -0.917. The predicted octanol–water partition coefficient (Wildman–Crippen LogP) is 7.51. The number of rotatable bonds is 2. The third-order valence-electron chi connectivity index (χ3n) is 21.1. The van der Waals surface area contributed by atoms with E-state index in [0.29, 0.717) is 57.8 Å². The van der Waals surface area contributed by atoms with E-state index in [4.69, 9.17) is 71.8 Å². The van der Waals surface area contributed by atoms with Crippen LogP contribution >= 0.6 is 0 Å². The molecule has 9 unspecified atom stereocenters. The van der Waals surface area contributed by atoms with Crippen LogP contribution in [0.3, 0.4) is 0 Å². The predicted molar refractivity (Wildman–Crippen MR) is 271 cm³/mol. The topological polar surface area (TPSA) is 215 Å². The SMILES string of the molecule is C=C1CC2CC[C@]34CCC(O3)[C@H]3C[C@@H](O4)[C@H]4O[C@H](CC[C@@H]4O3)CC(=O)O[C@H]3C(C[C@H]4OC(CC[C@@H]1O2)C[C@@H](C)C4=C)O[C@H]1C[C@H]2O[C@@]4(CC5O[C@]6(C[C@H](C)C7OC(CN=[N+]=[N-])[C@H](O)CC7O6)C[C@H](C)C5O4)C[C@H]2O[C@H]1[C@@H]3C. The molecule has 3 spiro atoms. The molecule has 0 aromatic heterocycles. The number of fused-ring (bicyclic) bond motifs is 13. The van der Waals surface area contributed by atoms with E-state index in [9.17, 15) is 9.90 Å². The molecule has 1 N–H and O–H groups in total. The standard InChI is InChI=1S/C58H83N3O16/c1-27-15-33-7-9-37-28(2)16-35(64-37)11-13-56-14-12-38(72-56)41-20-46(74-56)55-39(67-41)10-8-34(66-55)17-50(63)71-54-32(6)53-44(68-43(54)19-40(65-33)31(27)5)21-42-47(69-53)24-58(73-42)25-48-52(77-58)30(4)23-57(76-48)22-29(3)51-45(75-57)18-36(62)49(70-51)26-60-61-59/h27,29-30,32-49,51-55,62H,2,5,7-26H2,1,3-4,6H3/t27-,29+,30+,32+,33?,34-,35?,36-,37+,38?,39+,40-,41-,42-,43?,44+,45?,46-,47-,48?,49?,51?,52?,53+,54-,55+,56+,57-,58+/m1/s1. The van der Waals surface area contributed by atoms with Crippen LogP contribution in [0, 0.1) is 23.7 Å². The Morgan fingerprint density at radius 2 is 1.22 bits per heavy atom. The summed E-state index contributed by atoms with van der Waals surface area (Å²) in [7, 11) is 0. The maximum Gasteiger partial charge on any atom is 0.308 e. The zero-order chi connectivity index (χ0) is 52.7. The molecule has 0 amide bonds. The van der Waals surface area contributed by atoms with Crippen molar-refractivity contribution < 1.29 is 76.2 Å². The van der Waals surface area contributed by atoms with Crippen molar-refractivity contribution in [1.82, 2.24) is 0 Å². The number of aliphatic hydroxyl groups is 1. The summed E-state index contributed by atoms with van der Waals surface area (Å²) in [5.41, 5.74) is 11.1. The molecule has 0 radical (unpaired) electrons. The number of hydrogen-bond acceptors (Lipinski definition) is 17. The van der Waals surface area contributed by atoms with Gasteiger partial charge in [-0.1, -0.05) is 46.0 Å². The number of carbonyl (C=O) groups excluding carboxylic acids is 1. The Kier molecular flexibility index (Phi) is 13.9. The molecule has 14 rings (SSSR count). The summed E-state index contributed by atoms with van der Waals surface area (Å²) in [6.07, 6.45) is 6.45. The second kappa shape index (κ2) is 20.2. The van der Waals surface area contributed by atoms with Crippen molar-refractivity contribution in [2.45, 2.75) is 301 Å².